The maximum atomic E-state index is 13.9. The molecule has 0 aromatic heterocycles. The van der Waals surface area contributed by atoms with Gasteiger partial charge >= 0.3 is 6.61 Å². The number of ether oxygens (including phenoxy) is 1. The van der Waals surface area contributed by atoms with Crippen molar-refractivity contribution in [3.05, 3.63) is 29.6 Å². The molecule has 0 aliphatic carbocycles. The maximum absolute atomic E-state index is 13.9. The van der Waals surface area contributed by atoms with E-state index in [1.807, 2.05) is 20.8 Å². The van der Waals surface area contributed by atoms with Crippen molar-refractivity contribution in [1.82, 2.24) is 15.5 Å². The minimum Gasteiger partial charge on any atom is -0.435 e. The lowest BCUT2D eigenvalue weighted by atomic mass is 9.96. The van der Waals surface area contributed by atoms with E-state index < -0.39 is 18.3 Å². The molecule has 2 amide bonds. The van der Waals surface area contributed by atoms with Crippen molar-refractivity contribution in [3.8, 4) is 5.75 Å². The molecular formula is C20H28F3N3O3. The molecule has 0 radical (unpaired) electrons. The summed E-state index contributed by atoms with van der Waals surface area (Å²) in [5, 5.41) is 5.58. The zero-order valence-electron chi connectivity index (χ0n) is 16.9. The van der Waals surface area contributed by atoms with Crippen molar-refractivity contribution < 1.29 is 27.5 Å². The number of amides is 2. The molecule has 29 heavy (non-hydrogen) atoms. The Morgan fingerprint density at radius 2 is 1.90 bits per heavy atom. The lowest BCUT2D eigenvalue weighted by molar-refractivity contribution is -0.124. The Labute approximate surface area is 168 Å². The summed E-state index contributed by atoms with van der Waals surface area (Å²) in [4.78, 5) is 26.3. The van der Waals surface area contributed by atoms with E-state index in [0.29, 0.717) is 13.1 Å². The SMILES string of the molecule is CC(C)(C)NC(=O)CN1CCC(CNC(=O)c2cc(OC(F)F)ccc2F)CC1. The summed E-state index contributed by atoms with van der Waals surface area (Å²) >= 11 is 0. The van der Waals surface area contributed by atoms with Gasteiger partial charge in [0.1, 0.15) is 11.6 Å². The first kappa shape index (κ1) is 23.0. The van der Waals surface area contributed by atoms with Crippen LogP contribution in [0.5, 0.6) is 5.75 Å². The predicted molar refractivity (Wildman–Crippen MR) is 102 cm³/mol. The zero-order valence-corrected chi connectivity index (χ0v) is 16.9. The topological polar surface area (TPSA) is 70.7 Å². The number of hydrogen-bond acceptors (Lipinski definition) is 4. The van der Waals surface area contributed by atoms with E-state index in [1.54, 1.807) is 0 Å². The minimum atomic E-state index is -3.05. The Kier molecular flexibility index (Phi) is 7.89. The summed E-state index contributed by atoms with van der Waals surface area (Å²) in [7, 11) is 0. The summed E-state index contributed by atoms with van der Waals surface area (Å²) < 4.78 is 42.7. The van der Waals surface area contributed by atoms with Gasteiger partial charge in [0.25, 0.3) is 5.91 Å². The van der Waals surface area contributed by atoms with Crippen LogP contribution in [0.15, 0.2) is 18.2 Å². The molecule has 1 aromatic carbocycles. The number of benzene rings is 1. The highest BCUT2D eigenvalue weighted by Crippen LogP contribution is 2.20. The number of nitrogens with zero attached hydrogens (tertiary/aromatic N) is 1. The average Bonchev–Trinajstić information content (AvgIpc) is 2.60. The maximum Gasteiger partial charge on any atom is 0.387 e. The number of alkyl halides is 2. The third-order valence-corrected chi connectivity index (χ3v) is 4.55. The van der Waals surface area contributed by atoms with Crippen molar-refractivity contribution in [1.29, 1.82) is 0 Å². The molecule has 0 bridgehead atoms. The fraction of sp³-hybridized carbons (Fsp3) is 0.600. The van der Waals surface area contributed by atoms with Crippen LogP contribution in [0.25, 0.3) is 0 Å². The van der Waals surface area contributed by atoms with Gasteiger partial charge in [-0.3, -0.25) is 14.5 Å². The van der Waals surface area contributed by atoms with Crippen LogP contribution in [-0.2, 0) is 4.79 Å². The molecule has 9 heteroatoms. The molecule has 162 valence electrons. The summed E-state index contributed by atoms with van der Waals surface area (Å²) in [5.41, 5.74) is -0.605. The van der Waals surface area contributed by atoms with Crippen molar-refractivity contribution in [2.24, 2.45) is 5.92 Å². The first-order valence-corrected chi connectivity index (χ1v) is 9.59. The van der Waals surface area contributed by atoms with Crippen molar-refractivity contribution >= 4 is 11.8 Å². The Balaban J connectivity index is 1.79. The first-order valence-electron chi connectivity index (χ1n) is 9.59. The van der Waals surface area contributed by atoms with Crippen LogP contribution in [0.2, 0.25) is 0 Å². The molecule has 1 saturated heterocycles. The third kappa shape index (κ3) is 7.92. The molecule has 0 atom stereocenters. The normalized spacial score (nSPS) is 16.0. The van der Waals surface area contributed by atoms with Gasteiger partial charge in [0.2, 0.25) is 5.91 Å². The second-order valence-corrected chi connectivity index (χ2v) is 8.25. The number of halogens is 3. The third-order valence-electron chi connectivity index (χ3n) is 4.55. The standard InChI is InChI=1S/C20H28F3N3O3/c1-20(2,3)25-17(27)12-26-8-6-13(7-9-26)11-24-18(28)15-10-14(29-19(22)23)4-5-16(15)21/h4-5,10,13,19H,6-9,11-12H2,1-3H3,(H,24,28)(H,25,27). The van der Waals surface area contributed by atoms with Gasteiger partial charge in [-0.2, -0.15) is 8.78 Å². The van der Waals surface area contributed by atoms with Gasteiger partial charge < -0.3 is 15.4 Å². The molecule has 0 unspecified atom stereocenters. The highest BCUT2D eigenvalue weighted by Gasteiger charge is 2.23. The first-order chi connectivity index (χ1) is 13.5. The van der Waals surface area contributed by atoms with Gasteiger partial charge in [0, 0.05) is 12.1 Å². The number of carbonyl (C=O) groups excluding carboxylic acids is 2. The van der Waals surface area contributed by atoms with Crippen LogP contribution < -0.4 is 15.4 Å². The molecule has 1 aromatic rings. The Hall–Kier alpha value is -2.29. The quantitative estimate of drug-likeness (QED) is 0.719. The summed E-state index contributed by atoms with van der Waals surface area (Å²) in [6, 6.07) is 2.94. The molecule has 1 fully saturated rings. The molecule has 6 nitrogen and oxygen atoms in total. The molecule has 0 spiro atoms. The molecule has 1 heterocycles. The van der Waals surface area contributed by atoms with E-state index in [0.717, 1.165) is 44.1 Å². The summed E-state index contributed by atoms with van der Waals surface area (Å²) in [6.07, 6.45) is 1.58. The summed E-state index contributed by atoms with van der Waals surface area (Å²) in [6.45, 7) is 4.87. The average molecular weight is 415 g/mol. The van der Waals surface area contributed by atoms with Crippen LogP contribution in [0.3, 0.4) is 0 Å². The van der Waals surface area contributed by atoms with E-state index in [-0.39, 0.29) is 28.7 Å². The van der Waals surface area contributed by atoms with E-state index in [1.165, 1.54) is 0 Å². The monoisotopic (exact) mass is 415 g/mol. The van der Waals surface area contributed by atoms with Gasteiger partial charge in [0.15, 0.2) is 0 Å². The highest BCUT2D eigenvalue weighted by molar-refractivity contribution is 5.94. The van der Waals surface area contributed by atoms with E-state index in [4.69, 9.17) is 0 Å². The smallest absolute Gasteiger partial charge is 0.387 e. The Morgan fingerprint density at radius 3 is 2.48 bits per heavy atom. The molecule has 0 saturated carbocycles. The highest BCUT2D eigenvalue weighted by atomic mass is 19.3. The fourth-order valence-corrected chi connectivity index (χ4v) is 3.20. The van der Waals surface area contributed by atoms with Crippen LogP contribution in [0.4, 0.5) is 13.2 Å². The van der Waals surface area contributed by atoms with E-state index >= 15 is 0 Å². The number of hydrogen-bond donors (Lipinski definition) is 2. The number of piperidine rings is 1. The van der Waals surface area contributed by atoms with E-state index in [2.05, 4.69) is 20.3 Å². The Morgan fingerprint density at radius 1 is 1.24 bits per heavy atom. The molecule has 2 rings (SSSR count). The molecule has 1 aliphatic rings. The van der Waals surface area contributed by atoms with Crippen molar-refractivity contribution in [2.45, 2.75) is 45.8 Å². The largest absolute Gasteiger partial charge is 0.435 e. The van der Waals surface area contributed by atoms with Gasteiger partial charge in [-0.05, 0) is 70.8 Å². The van der Waals surface area contributed by atoms with Crippen molar-refractivity contribution in [3.63, 3.8) is 0 Å². The van der Waals surface area contributed by atoms with Gasteiger partial charge in [-0.25, -0.2) is 4.39 Å². The fourth-order valence-electron chi connectivity index (χ4n) is 3.20. The minimum absolute atomic E-state index is 0.0226. The predicted octanol–water partition coefficient (Wildman–Crippen LogP) is 2.78. The summed E-state index contributed by atoms with van der Waals surface area (Å²) in [5.74, 6) is -1.57. The lowest BCUT2D eigenvalue weighted by Crippen LogP contribution is -2.48. The molecule has 1 aliphatic heterocycles. The molecule has 2 N–H and O–H groups in total. The van der Waals surface area contributed by atoms with Gasteiger partial charge in [0.05, 0.1) is 12.1 Å². The van der Waals surface area contributed by atoms with Gasteiger partial charge in [-0.15, -0.1) is 0 Å². The Bertz CT molecular complexity index is 715. The molecular weight excluding hydrogens is 387 g/mol. The van der Waals surface area contributed by atoms with Crippen molar-refractivity contribution in [2.75, 3.05) is 26.2 Å². The number of likely N-dealkylation sites (tertiary alicyclic amines) is 1. The van der Waals surface area contributed by atoms with Crippen LogP contribution in [0.1, 0.15) is 44.0 Å². The second kappa shape index (κ2) is 9.96. The second-order valence-electron chi connectivity index (χ2n) is 8.25. The lowest BCUT2D eigenvalue weighted by Gasteiger charge is -2.32. The van der Waals surface area contributed by atoms with Gasteiger partial charge in [-0.1, -0.05) is 0 Å². The van der Waals surface area contributed by atoms with Crippen LogP contribution >= 0.6 is 0 Å². The van der Waals surface area contributed by atoms with E-state index in [9.17, 15) is 22.8 Å². The van der Waals surface area contributed by atoms with Crippen LogP contribution in [-0.4, -0.2) is 55.0 Å². The number of rotatable bonds is 7. The van der Waals surface area contributed by atoms with Crippen LogP contribution in [0, 0.1) is 11.7 Å². The number of carbonyl (C=O) groups is 2. The zero-order chi connectivity index (χ0) is 21.6. The number of nitrogens with one attached hydrogen (secondary N) is 2.